The maximum Gasteiger partial charge on any atom is 0.260 e. The third kappa shape index (κ3) is 4.89. The number of ether oxygens (including phenoxy) is 2. The van der Waals surface area contributed by atoms with Gasteiger partial charge in [-0.1, -0.05) is 78.9 Å². The number of methoxy groups -OCH3 is 2. The van der Waals surface area contributed by atoms with Gasteiger partial charge in [0.2, 0.25) is 11.8 Å². The van der Waals surface area contributed by atoms with Crippen LogP contribution in [0.2, 0.25) is 0 Å². The number of aromatic hydroxyl groups is 1. The monoisotopic (exact) mass is 689 g/mol. The summed E-state index contributed by atoms with van der Waals surface area (Å²) in [5, 5.41) is 13.0. The van der Waals surface area contributed by atoms with Gasteiger partial charge in [0, 0.05) is 29.7 Å². The average molecular weight is 690 g/mol. The van der Waals surface area contributed by atoms with Gasteiger partial charge in [0.25, 0.3) is 11.8 Å². The topological polar surface area (TPSA) is 125 Å². The van der Waals surface area contributed by atoms with Gasteiger partial charge in [0.15, 0.2) is 0 Å². The normalized spacial score (nSPS) is 29.0. The quantitative estimate of drug-likeness (QED) is 0.228. The Morgan fingerprint density at radius 2 is 1.57 bits per heavy atom. The predicted octanol–water partition coefficient (Wildman–Crippen LogP) is 6.04. The zero-order chi connectivity index (χ0) is 35.6. The molecule has 2 heterocycles. The SMILES string of the molecule is COc1cc(O)c(C2C3=CCC4C(=O)N(C5CCCCC5)C(=O)C4C3CC3C(=O)N(Nc4ccc(C)cc4)C(=O)C32c2ccccc2)c(OC)c1. The van der Waals surface area contributed by atoms with Gasteiger partial charge in [-0.15, -0.1) is 0 Å². The van der Waals surface area contributed by atoms with Crippen LogP contribution in [0.5, 0.6) is 17.2 Å². The van der Waals surface area contributed by atoms with Crippen LogP contribution in [-0.2, 0) is 24.6 Å². The zero-order valence-corrected chi connectivity index (χ0v) is 29.1. The fraction of sp³-hybridized carbons (Fsp3) is 0.415. The second-order valence-corrected chi connectivity index (χ2v) is 14.7. The standard InChI is InChI=1S/C41H43N3O7/c1-23-14-16-25(17-15-23)42-44-38(47)31-22-30-28(18-19-29-34(30)39(48)43(37(29)46)26-12-8-5-9-13-26)36(35-32(45)20-27(50-2)21-33(35)51-3)41(31,40(44)49)24-10-6-4-7-11-24/h4,6-7,10-11,14-18,20-21,26,29-31,34,36,42,45H,5,8-9,12-13,19,22H2,1-3H3. The molecule has 0 bridgehead atoms. The van der Waals surface area contributed by atoms with Gasteiger partial charge >= 0.3 is 0 Å². The summed E-state index contributed by atoms with van der Waals surface area (Å²) in [5.41, 5.74) is 4.90. The van der Waals surface area contributed by atoms with Crippen LogP contribution in [0.15, 0.2) is 78.4 Å². The van der Waals surface area contributed by atoms with E-state index in [-0.39, 0.29) is 35.8 Å². The van der Waals surface area contributed by atoms with Crippen molar-refractivity contribution in [2.24, 2.45) is 23.7 Å². The van der Waals surface area contributed by atoms with E-state index < -0.39 is 46.8 Å². The fourth-order valence-electron chi connectivity index (χ4n) is 9.95. The minimum Gasteiger partial charge on any atom is -0.507 e. The van der Waals surface area contributed by atoms with Gasteiger partial charge < -0.3 is 14.6 Å². The number of benzene rings is 3. The van der Waals surface area contributed by atoms with Crippen molar-refractivity contribution in [1.82, 2.24) is 9.91 Å². The van der Waals surface area contributed by atoms with Crippen LogP contribution in [0, 0.1) is 30.6 Å². The van der Waals surface area contributed by atoms with E-state index in [2.05, 4.69) is 5.43 Å². The van der Waals surface area contributed by atoms with Gasteiger partial charge in [-0.2, -0.15) is 5.01 Å². The molecule has 5 aliphatic rings. The maximum atomic E-state index is 15.4. The lowest BCUT2D eigenvalue weighted by Gasteiger charge is -2.50. The number of carbonyl (C=O) groups excluding carboxylic acids is 4. The Morgan fingerprint density at radius 1 is 0.843 bits per heavy atom. The van der Waals surface area contributed by atoms with E-state index in [1.54, 1.807) is 6.07 Å². The lowest BCUT2D eigenvalue weighted by molar-refractivity contribution is -0.144. The first-order valence-corrected chi connectivity index (χ1v) is 18.0. The smallest absolute Gasteiger partial charge is 0.260 e. The number of hydrogen-bond acceptors (Lipinski definition) is 8. The lowest BCUT2D eigenvalue weighted by Crippen LogP contribution is -2.53. The number of likely N-dealkylation sites (tertiary alicyclic amines) is 1. The summed E-state index contributed by atoms with van der Waals surface area (Å²) in [6, 6.07) is 19.7. The number of fused-ring (bicyclic) bond motifs is 4. The largest absolute Gasteiger partial charge is 0.507 e. The lowest BCUT2D eigenvalue weighted by atomic mass is 9.49. The van der Waals surface area contributed by atoms with Crippen molar-refractivity contribution in [3.05, 3.63) is 95.1 Å². The number of imide groups is 2. The number of phenolic OH excluding ortho intramolecular Hbond substituents is 1. The van der Waals surface area contributed by atoms with E-state index in [0.29, 0.717) is 29.0 Å². The van der Waals surface area contributed by atoms with Crippen molar-refractivity contribution < 1.29 is 33.8 Å². The summed E-state index contributed by atoms with van der Waals surface area (Å²) in [4.78, 5) is 60.4. The van der Waals surface area contributed by atoms with Crippen LogP contribution in [0.1, 0.15) is 67.6 Å². The van der Waals surface area contributed by atoms with Crippen LogP contribution in [0.25, 0.3) is 0 Å². The summed E-state index contributed by atoms with van der Waals surface area (Å²) in [6.07, 6.45) is 7.16. The molecule has 6 unspecified atom stereocenters. The molecular weight excluding hydrogens is 646 g/mol. The van der Waals surface area contributed by atoms with Gasteiger partial charge in [0.05, 0.1) is 43.1 Å². The van der Waals surface area contributed by atoms with Gasteiger partial charge in [-0.3, -0.25) is 29.5 Å². The Hall–Kier alpha value is -5.12. The summed E-state index contributed by atoms with van der Waals surface area (Å²) in [5.74, 6) is -4.32. The highest BCUT2D eigenvalue weighted by Crippen LogP contribution is 2.66. The molecular formula is C41H43N3O7. The molecule has 2 saturated heterocycles. The summed E-state index contributed by atoms with van der Waals surface area (Å²) in [6.45, 7) is 1.96. The van der Waals surface area contributed by atoms with E-state index in [4.69, 9.17) is 9.47 Å². The number of phenols is 1. The van der Waals surface area contributed by atoms with Crippen LogP contribution in [0.3, 0.4) is 0 Å². The number of hydrogen-bond donors (Lipinski definition) is 2. The fourth-order valence-corrected chi connectivity index (χ4v) is 9.95. The Kier molecular flexibility index (Phi) is 8.15. The van der Waals surface area contributed by atoms with E-state index >= 15 is 4.79 Å². The van der Waals surface area contributed by atoms with Crippen molar-refractivity contribution in [1.29, 1.82) is 0 Å². The minimum absolute atomic E-state index is 0.120. The van der Waals surface area contributed by atoms with E-state index in [9.17, 15) is 19.5 Å². The second-order valence-electron chi connectivity index (χ2n) is 14.7. The average Bonchev–Trinajstić information content (AvgIpc) is 3.53. The van der Waals surface area contributed by atoms with Crippen molar-refractivity contribution >= 4 is 29.3 Å². The maximum absolute atomic E-state index is 15.4. The molecule has 51 heavy (non-hydrogen) atoms. The first-order chi connectivity index (χ1) is 24.7. The van der Waals surface area contributed by atoms with Crippen LogP contribution >= 0.6 is 0 Å². The summed E-state index contributed by atoms with van der Waals surface area (Å²) >= 11 is 0. The molecule has 6 atom stereocenters. The number of allylic oxidation sites excluding steroid dienone is 2. The predicted molar refractivity (Wildman–Crippen MR) is 189 cm³/mol. The molecule has 2 N–H and O–H groups in total. The van der Waals surface area contributed by atoms with Gasteiger partial charge in [-0.25, -0.2) is 0 Å². The first-order valence-electron chi connectivity index (χ1n) is 18.0. The molecule has 3 aromatic rings. The number of nitrogens with zero attached hydrogens (tertiary/aromatic N) is 2. The van der Waals surface area contributed by atoms with Crippen molar-refractivity contribution in [2.75, 3.05) is 19.6 Å². The van der Waals surface area contributed by atoms with Crippen LogP contribution in [-0.4, -0.2) is 58.9 Å². The van der Waals surface area contributed by atoms with E-state index in [0.717, 1.165) is 48.2 Å². The molecule has 4 amide bonds. The van der Waals surface area contributed by atoms with Crippen LogP contribution < -0.4 is 14.9 Å². The highest BCUT2D eigenvalue weighted by molar-refractivity contribution is 6.13. The van der Waals surface area contributed by atoms with Gasteiger partial charge in [-0.05, 0) is 56.2 Å². The molecule has 4 fully saturated rings. The number of carbonyl (C=O) groups is 4. The molecule has 10 nitrogen and oxygen atoms in total. The number of amides is 4. The Labute approximate surface area is 297 Å². The molecule has 2 aliphatic heterocycles. The third-order valence-electron chi connectivity index (χ3n) is 12.2. The first kappa shape index (κ1) is 33.0. The number of hydrazine groups is 1. The number of nitrogens with one attached hydrogen (secondary N) is 1. The molecule has 0 aromatic heterocycles. The number of aryl methyl sites for hydroxylation is 1. The Morgan fingerprint density at radius 3 is 2.25 bits per heavy atom. The number of rotatable bonds is 7. The summed E-state index contributed by atoms with van der Waals surface area (Å²) < 4.78 is 11.4. The highest BCUT2D eigenvalue weighted by Gasteiger charge is 2.71. The second kappa shape index (κ2) is 12.6. The molecule has 0 radical (unpaired) electrons. The highest BCUT2D eigenvalue weighted by atomic mass is 16.5. The summed E-state index contributed by atoms with van der Waals surface area (Å²) in [7, 11) is 2.98. The van der Waals surface area contributed by atoms with Crippen molar-refractivity contribution in [3.8, 4) is 17.2 Å². The molecule has 2 saturated carbocycles. The molecule has 3 aromatic carbocycles. The molecule has 0 spiro atoms. The number of anilines is 1. The zero-order valence-electron chi connectivity index (χ0n) is 29.1. The van der Waals surface area contributed by atoms with Crippen molar-refractivity contribution in [3.63, 3.8) is 0 Å². The molecule has 8 rings (SSSR count). The molecule has 10 heteroatoms. The molecule has 3 aliphatic carbocycles. The van der Waals surface area contributed by atoms with E-state index in [1.807, 2.05) is 67.6 Å². The van der Waals surface area contributed by atoms with E-state index in [1.165, 1.54) is 25.2 Å². The molecule has 264 valence electrons. The van der Waals surface area contributed by atoms with Crippen molar-refractivity contribution in [2.45, 2.75) is 69.2 Å². The minimum atomic E-state index is -1.53. The van der Waals surface area contributed by atoms with Gasteiger partial charge in [0.1, 0.15) is 17.2 Å². The van der Waals surface area contributed by atoms with Crippen LogP contribution in [0.4, 0.5) is 5.69 Å². The Bertz CT molecular complexity index is 1940. The third-order valence-corrected chi connectivity index (χ3v) is 12.2. The Balaban J connectivity index is 1.34.